The standard InChI is InChI=1S/C14H13F2NO3S/c1-9-6-11(15)4-5-13(9)17-21(19,20)14-7-12(16)3-2-10(14)8-18/h2-7,17-18H,8H2,1H3. The molecular formula is C14H13F2NO3S. The van der Waals surface area contributed by atoms with Crippen molar-refractivity contribution in [2.45, 2.75) is 18.4 Å². The number of hydrogen-bond acceptors (Lipinski definition) is 3. The lowest BCUT2D eigenvalue weighted by Crippen LogP contribution is -2.16. The molecule has 0 saturated heterocycles. The molecule has 4 nitrogen and oxygen atoms in total. The number of sulfonamides is 1. The number of halogens is 2. The summed E-state index contributed by atoms with van der Waals surface area (Å²) in [4.78, 5) is -0.353. The highest BCUT2D eigenvalue weighted by Crippen LogP contribution is 2.23. The van der Waals surface area contributed by atoms with Crippen LogP contribution in [-0.2, 0) is 16.6 Å². The van der Waals surface area contributed by atoms with Gasteiger partial charge in [0, 0.05) is 0 Å². The third kappa shape index (κ3) is 3.37. The molecule has 0 spiro atoms. The van der Waals surface area contributed by atoms with E-state index in [1.54, 1.807) is 6.92 Å². The summed E-state index contributed by atoms with van der Waals surface area (Å²) in [7, 11) is -4.09. The summed E-state index contributed by atoms with van der Waals surface area (Å²) < 4.78 is 53.1. The van der Waals surface area contributed by atoms with Gasteiger partial charge in [-0.2, -0.15) is 0 Å². The molecule has 0 amide bonds. The average Bonchev–Trinajstić information content (AvgIpc) is 2.42. The van der Waals surface area contributed by atoms with Gasteiger partial charge in [-0.05, 0) is 48.4 Å². The Morgan fingerprint density at radius 1 is 1.10 bits per heavy atom. The Bertz CT molecular complexity index is 776. The van der Waals surface area contributed by atoms with Crippen LogP contribution in [0.5, 0.6) is 0 Å². The molecule has 0 unspecified atom stereocenters. The monoisotopic (exact) mass is 313 g/mol. The van der Waals surface area contributed by atoms with Crippen LogP contribution in [-0.4, -0.2) is 13.5 Å². The number of aliphatic hydroxyl groups is 1. The zero-order valence-corrected chi connectivity index (χ0v) is 11.9. The first-order valence-corrected chi connectivity index (χ1v) is 7.50. The van der Waals surface area contributed by atoms with Gasteiger partial charge in [-0.15, -0.1) is 0 Å². The molecule has 2 aromatic rings. The van der Waals surface area contributed by atoms with Crippen LogP contribution in [0.1, 0.15) is 11.1 Å². The molecule has 0 bridgehead atoms. The second kappa shape index (κ2) is 5.79. The quantitative estimate of drug-likeness (QED) is 0.911. The van der Waals surface area contributed by atoms with E-state index in [0.29, 0.717) is 5.56 Å². The molecule has 0 aliphatic carbocycles. The van der Waals surface area contributed by atoms with E-state index in [9.17, 15) is 17.2 Å². The number of benzene rings is 2. The highest BCUT2D eigenvalue weighted by Gasteiger charge is 2.20. The predicted molar refractivity (Wildman–Crippen MR) is 74.3 cm³/mol. The van der Waals surface area contributed by atoms with Crippen LogP contribution in [0.2, 0.25) is 0 Å². The lowest BCUT2D eigenvalue weighted by molar-refractivity contribution is 0.278. The first-order chi connectivity index (χ1) is 9.83. The Morgan fingerprint density at radius 2 is 1.71 bits per heavy atom. The van der Waals surface area contributed by atoms with Gasteiger partial charge >= 0.3 is 0 Å². The molecule has 0 atom stereocenters. The Morgan fingerprint density at radius 3 is 2.33 bits per heavy atom. The third-order valence-electron chi connectivity index (χ3n) is 2.92. The van der Waals surface area contributed by atoms with E-state index in [-0.39, 0.29) is 16.1 Å². The number of hydrogen-bond donors (Lipinski definition) is 2. The maximum atomic E-state index is 13.3. The summed E-state index contributed by atoms with van der Waals surface area (Å²) in [5, 5.41) is 9.17. The third-order valence-corrected chi connectivity index (χ3v) is 4.37. The van der Waals surface area contributed by atoms with E-state index < -0.39 is 28.3 Å². The Labute approximate surface area is 121 Å². The summed E-state index contributed by atoms with van der Waals surface area (Å²) in [5.74, 6) is -1.22. The fraction of sp³-hybridized carbons (Fsp3) is 0.143. The molecule has 2 rings (SSSR count). The first-order valence-electron chi connectivity index (χ1n) is 6.02. The van der Waals surface area contributed by atoms with Crippen molar-refractivity contribution in [1.82, 2.24) is 0 Å². The normalized spacial score (nSPS) is 11.4. The molecule has 2 aromatic carbocycles. The Kier molecular flexibility index (Phi) is 4.24. The SMILES string of the molecule is Cc1cc(F)ccc1NS(=O)(=O)c1cc(F)ccc1CO. The second-order valence-electron chi connectivity index (χ2n) is 4.47. The smallest absolute Gasteiger partial charge is 0.262 e. The van der Waals surface area contributed by atoms with Gasteiger partial charge in [0.2, 0.25) is 0 Å². The van der Waals surface area contributed by atoms with Crippen molar-refractivity contribution in [1.29, 1.82) is 0 Å². The van der Waals surface area contributed by atoms with E-state index in [2.05, 4.69) is 4.72 Å². The van der Waals surface area contributed by atoms with Crippen LogP contribution in [0, 0.1) is 18.6 Å². The number of anilines is 1. The first kappa shape index (κ1) is 15.4. The van der Waals surface area contributed by atoms with Crippen molar-refractivity contribution in [2.75, 3.05) is 4.72 Å². The van der Waals surface area contributed by atoms with Gasteiger partial charge in [0.1, 0.15) is 11.6 Å². The maximum Gasteiger partial charge on any atom is 0.262 e. The number of aryl methyl sites for hydroxylation is 1. The van der Waals surface area contributed by atoms with E-state index in [4.69, 9.17) is 5.11 Å². The lowest BCUT2D eigenvalue weighted by Gasteiger charge is -2.13. The predicted octanol–water partition coefficient (Wildman–Crippen LogP) is 2.57. The molecule has 0 saturated carbocycles. The topological polar surface area (TPSA) is 66.4 Å². The lowest BCUT2D eigenvalue weighted by atomic mass is 10.2. The van der Waals surface area contributed by atoms with Crippen LogP contribution in [0.15, 0.2) is 41.3 Å². The minimum Gasteiger partial charge on any atom is -0.392 e. The Hall–Kier alpha value is -1.99. The van der Waals surface area contributed by atoms with Gasteiger partial charge < -0.3 is 5.11 Å². The van der Waals surface area contributed by atoms with Crippen molar-refractivity contribution in [2.24, 2.45) is 0 Å². The number of rotatable bonds is 4. The van der Waals surface area contributed by atoms with Crippen LogP contribution in [0.4, 0.5) is 14.5 Å². The fourth-order valence-electron chi connectivity index (χ4n) is 1.85. The van der Waals surface area contributed by atoms with E-state index >= 15 is 0 Å². The Balaban J connectivity index is 2.45. The van der Waals surface area contributed by atoms with Crippen LogP contribution in [0.3, 0.4) is 0 Å². The van der Waals surface area contributed by atoms with Gasteiger partial charge in [-0.25, -0.2) is 17.2 Å². The van der Waals surface area contributed by atoms with Gasteiger partial charge in [0.25, 0.3) is 10.0 Å². The molecule has 0 radical (unpaired) electrons. The summed E-state index contributed by atoms with van der Waals surface area (Å²) in [6, 6.07) is 6.65. The molecule has 0 aliphatic heterocycles. The van der Waals surface area contributed by atoms with Crippen molar-refractivity contribution < 1.29 is 22.3 Å². The average molecular weight is 313 g/mol. The zero-order valence-electron chi connectivity index (χ0n) is 11.1. The van der Waals surface area contributed by atoms with Gasteiger partial charge in [-0.3, -0.25) is 4.72 Å². The fourth-order valence-corrected chi connectivity index (χ4v) is 3.22. The summed E-state index contributed by atoms with van der Waals surface area (Å²) >= 11 is 0. The molecular weight excluding hydrogens is 300 g/mol. The summed E-state index contributed by atoms with van der Waals surface area (Å²) in [5.41, 5.74) is 0.647. The molecule has 0 aliphatic rings. The highest BCUT2D eigenvalue weighted by atomic mass is 32.2. The van der Waals surface area contributed by atoms with Gasteiger partial charge in [-0.1, -0.05) is 6.07 Å². The van der Waals surface area contributed by atoms with Crippen LogP contribution in [0.25, 0.3) is 0 Å². The van der Waals surface area contributed by atoms with E-state index in [1.807, 2.05) is 0 Å². The largest absolute Gasteiger partial charge is 0.392 e. The van der Waals surface area contributed by atoms with Crippen molar-refractivity contribution in [3.05, 3.63) is 59.2 Å². The number of aliphatic hydroxyl groups excluding tert-OH is 1. The molecule has 7 heteroatoms. The molecule has 0 fully saturated rings. The van der Waals surface area contributed by atoms with E-state index in [1.165, 1.54) is 18.2 Å². The van der Waals surface area contributed by atoms with E-state index in [0.717, 1.165) is 18.2 Å². The molecule has 112 valence electrons. The second-order valence-corrected chi connectivity index (χ2v) is 6.13. The molecule has 0 heterocycles. The maximum absolute atomic E-state index is 13.3. The van der Waals surface area contributed by atoms with Crippen LogP contribution >= 0.6 is 0 Å². The molecule has 21 heavy (non-hydrogen) atoms. The minimum absolute atomic E-state index is 0.0728. The molecule has 2 N–H and O–H groups in total. The van der Waals surface area contributed by atoms with Gasteiger partial charge in [0.15, 0.2) is 0 Å². The number of nitrogens with one attached hydrogen (secondary N) is 1. The highest BCUT2D eigenvalue weighted by molar-refractivity contribution is 7.92. The van der Waals surface area contributed by atoms with Crippen molar-refractivity contribution >= 4 is 15.7 Å². The summed E-state index contributed by atoms with van der Waals surface area (Å²) in [6.07, 6.45) is 0. The minimum atomic E-state index is -4.09. The van der Waals surface area contributed by atoms with Crippen LogP contribution < -0.4 is 4.72 Å². The van der Waals surface area contributed by atoms with Crippen molar-refractivity contribution in [3.8, 4) is 0 Å². The summed E-state index contributed by atoms with van der Waals surface area (Å²) in [6.45, 7) is 0.998. The molecule has 0 aromatic heterocycles. The zero-order chi connectivity index (χ0) is 15.6. The van der Waals surface area contributed by atoms with Gasteiger partial charge in [0.05, 0.1) is 17.2 Å². The van der Waals surface area contributed by atoms with Crippen molar-refractivity contribution in [3.63, 3.8) is 0 Å².